The Morgan fingerprint density at radius 3 is 2.47 bits per heavy atom. The minimum Gasteiger partial charge on any atom is -0.340 e. The Morgan fingerprint density at radius 1 is 0.895 bits per heavy atom. The number of benzene rings is 2. The maximum absolute atomic E-state index is 4.20. The molecule has 94 valence electrons. The van der Waals surface area contributed by atoms with E-state index in [2.05, 4.69) is 59.3 Å². The lowest BCUT2D eigenvalue weighted by Crippen LogP contribution is -1.95. The zero-order valence-electron chi connectivity index (χ0n) is 9.77. The fourth-order valence-electron chi connectivity index (χ4n) is 1.91. The predicted molar refractivity (Wildman–Crippen MR) is 84.7 cm³/mol. The molecular formula is C14H9Br2N3. The van der Waals surface area contributed by atoms with Crippen molar-refractivity contribution in [3.05, 3.63) is 57.9 Å². The van der Waals surface area contributed by atoms with Gasteiger partial charge in [0.1, 0.15) is 16.7 Å². The lowest BCUT2D eigenvalue weighted by Gasteiger charge is -2.10. The first-order valence-corrected chi connectivity index (χ1v) is 7.24. The van der Waals surface area contributed by atoms with Crippen LogP contribution in [0.5, 0.6) is 0 Å². The topological polar surface area (TPSA) is 37.8 Å². The summed E-state index contributed by atoms with van der Waals surface area (Å²) in [6.07, 6.45) is 1.52. The largest absolute Gasteiger partial charge is 0.340 e. The van der Waals surface area contributed by atoms with Gasteiger partial charge >= 0.3 is 0 Å². The van der Waals surface area contributed by atoms with Crippen LogP contribution in [-0.4, -0.2) is 9.97 Å². The molecule has 0 unspecified atom stereocenters. The number of nitrogens with one attached hydrogen (secondary N) is 1. The number of hydrogen-bond acceptors (Lipinski definition) is 3. The second-order valence-electron chi connectivity index (χ2n) is 3.99. The molecule has 5 heteroatoms. The van der Waals surface area contributed by atoms with E-state index in [4.69, 9.17) is 0 Å². The van der Waals surface area contributed by atoms with Crippen LogP contribution in [0.25, 0.3) is 10.8 Å². The van der Waals surface area contributed by atoms with Gasteiger partial charge in [0.05, 0.1) is 0 Å². The minimum atomic E-state index is 0.756. The summed E-state index contributed by atoms with van der Waals surface area (Å²) in [5, 5.41) is 5.63. The van der Waals surface area contributed by atoms with Gasteiger partial charge in [-0.1, -0.05) is 40.2 Å². The van der Waals surface area contributed by atoms with E-state index in [0.29, 0.717) is 0 Å². The molecule has 0 spiro atoms. The highest BCUT2D eigenvalue weighted by Crippen LogP contribution is 2.31. The van der Waals surface area contributed by atoms with Crippen molar-refractivity contribution >= 4 is 54.1 Å². The van der Waals surface area contributed by atoms with Crippen LogP contribution in [0.3, 0.4) is 0 Å². The third kappa shape index (κ3) is 2.62. The molecule has 0 bridgehead atoms. The molecule has 3 nitrogen and oxygen atoms in total. The van der Waals surface area contributed by atoms with Crippen LogP contribution in [0.2, 0.25) is 0 Å². The Bertz CT molecular complexity index is 744. The van der Waals surface area contributed by atoms with Crippen molar-refractivity contribution in [1.29, 1.82) is 0 Å². The molecule has 0 aliphatic rings. The van der Waals surface area contributed by atoms with Crippen LogP contribution in [0, 0.1) is 0 Å². The summed E-state index contributed by atoms with van der Waals surface area (Å²) in [6, 6.07) is 14.1. The smallest absolute Gasteiger partial charge is 0.134 e. The van der Waals surface area contributed by atoms with Crippen LogP contribution in [0.1, 0.15) is 0 Å². The van der Waals surface area contributed by atoms with Gasteiger partial charge in [0.2, 0.25) is 0 Å². The van der Waals surface area contributed by atoms with Crippen molar-refractivity contribution in [3.63, 3.8) is 0 Å². The lowest BCUT2D eigenvalue weighted by atomic mass is 10.1. The van der Waals surface area contributed by atoms with Gasteiger partial charge in [-0.2, -0.15) is 0 Å². The highest BCUT2D eigenvalue weighted by Gasteiger charge is 2.05. The van der Waals surface area contributed by atoms with Gasteiger partial charge in [0.15, 0.2) is 0 Å². The number of hydrogen-bond donors (Lipinski definition) is 1. The Balaban J connectivity index is 2.09. The Labute approximate surface area is 127 Å². The van der Waals surface area contributed by atoms with Gasteiger partial charge in [0.25, 0.3) is 0 Å². The number of fused-ring (bicyclic) bond motifs is 1. The predicted octanol–water partition coefficient (Wildman–Crippen LogP) is 4.90. The molecule has 0 fully saturated rings. The van der Waals surface area contributed by atoms with E-state index in [0.717, 1.165) is 26.0 Å². The van der Waals surface area contributed by atoms with E-state index >= 15 is 0 Å². The van der Waals surface area contributed by atoms with Gasteiger partial charge in [-0.25, -0.2) is 9.97 Å². The van der Waals surface area contributed by atoms with Crippen LogP contribution < -0.4 is 5.32 Å². The van der Waals surface area contributed by atoms with Crippen LogP contribution >= 0.6 is 31.9 Å². The Hall–Kier alpha value is -1.46. The molecule has 1 aromatic heterocycles. The molecule has 3 aromatic rings. The van der Waals surface area contributed by atoms with Crippen molar-refractivity contribution in [2.24, 2.45) is 0 Å². The number of aromatic nitrogens is 2. The number of rotatable bonds is 2. The lowest BCUT2D eigenvalue weighted by molar-refractivity contribution is 1.14. The number of nitrogens with zero attached hydrogens (tertiary/aromatic N) is 2. The molecular weight excluding hydrogens is 370 g/mol. The monoisotopic (exact) mass is 377 g/mol. The average molecular weight is 379 g/mol. The van der Waals surface area contributed by atoms with E-state index in [-0.39, 0.29) is 0 Å². The summed E-state index contributed by atoms with van der Waals surface area (Å²) in [5.74, 6) is 0.759. The van der Waals surface area contributed by atoms with Gasteiger partial charge in [0, 0.05) is 21.6 Å². The summed E-state index contributed by atoms with van der Waals surface area (Å²) in [6.45, 7) is 0. The Morgan fingerprint density at radius 2 is 1.68 bits per heavy atom. The first kappa shape index (κ1) is 12.6. The van der Waals surface area contributed by atoms with Gasteiger partial charge in [-0.15, -0.1) is 0 Å². The maximum atomic E-state index is 4.20. The summed E-state index contributed by atoms with van der Waals surface area (Å²) in [5.41, 5.74) is 1.02. The number of anilines is 2. The number of halogens is 2. The maximum Gasteiger partial charge on any atom is 0.134 e. The van der Waals surface area contributed by atoms with Crippen molar-refractivity contribution < 1.29 is 0 Å². The van der Waals surface area contributed by atoms with Crippen molar-refractivity contribution in [2.45, 2.75) is 0 Å². The van der Waals surface area contributed by atoms with Gasteiger partial charge in [-0.05, 0) is 33.4 Å². The molecule has 19 heavy (non-hydrogen) atoms. The van der Waals surface area contributed by atoms with E-state index in [1.807, 2.05) is 30.3 Å². The average Bonchev–Trinajstić information content (AvgIpc) is 2.42. The van der Waals surface area contributed by atoms with E-state index < -0.39 is 0 Å². The SMILES string of the molecule is Brc1cc(Nc2ccc(Br)c3ccccc23)ncn1. The van der Waals surface area contributed by atoms with Crippen LogP contribution in [0.15, 0.2) is 57.9 Å². The molecule has 0 saturated heterocycles. The first-order valence-electron chi connectivity index (χ1n) is 5.66. The molecule has 0 saturated carbocycles. The summed E-state index contributed by atoms with van der Waals surface area (Å²) in [7, 11) is 0. The third-order valence-electron chi connectivity index (χ3n) is 2.77. The zero-order valence-corrected chi connectivity index (χ0v) is 12.9. The quantitative estimate of drug-likeness (QED) is 0.644. The normalized spacial score (nSPS) is 10.6. The highest BCUT2D eigenvalue weighted by molar-refractivity contribution is 9.10. The fraction of sp³-hybridized carbons (Fsp3) is 0. The molecule has 0 atom stereocenters. The molecule has 0 aliphatic carbocycles. The molecule has 1 heterocycles. The molecule has 0 aliphatic heterocycles. The van der Waals surface area contributed by atoms with Crippen molar-refractivity contribution in [2.75, 3.05) is 5.32 Å². The fourth-order valence-corrected chi connectivity index (χ4v) is 2.70. The van der Waals surface area contributed by atoms with E-state index in [1.165, 1.54) is 11.7 Å². The third-order valence-corrected chi connectivity index (χ3v) is 3.89. The van der Waals surface area contributed by atoms with E-state index in [1.54, 1.807) is 0 Å². The van der Waals surface area contributed by atoms with Crippen LogP contribution in [0.4, 0.5) is 11.5 Å². The second-order valence-corrected chi connectivity index (χ2v) is 5.66. The standard InChI is InChI=1S/C14H9Br2N3/c15-11-5-6-12(10-4-2-1-3-9(10)11)19-14-7-13(16)17-8-18-14/h1-8H,(H,17,18,19). The molecule has 2 aromatic carbocycles. The molecule has 0 amide bonds. The Kier molecular flexibility index (Phi) is 3.48. The molecule has 3 rings (SSSR count). The minimum absolute atomic E-state index is 0.756. The molecule has 0 radical (unpaired) electrons. The van der Waals surface area contributed by atoms with Crippen LogP contribution in [-0.2, 0) is 0 Å². The zero-order chi connectivity index (χ0) is 13.2. The highest BCUT2D eigenvalue weighted by atomic mass is 79.9. The molecule has 1 N–H and O–H groups in total. The van der Waals surface area contributed by atoms with Gasteiger partial charge < -0.3 is 5.32 Å². The summed E-state index contributed by atoms with van der Waals surface area (Å²) in [4.78, 5) is 8.22. The van der Waals surface area contributed by atoms with E-state index in [9.17, 15) is 0 Å². The second kappa shape index (κ2) is 5.27. The van der Waals surface area contributed by atoms with Gasteiger partial charge in [-0.3, -0.25) is 0 Å². The van der Waals surface area contributed by atoms with Crippen molar-refractivity contribution in [1.82, 2.24) is 9.97 Å². The van der Waals surface area contributed by atoms with Crippen molar-refractivity contribution in [3.8, 4) is 0 Å². The first-order chi connectivity index (χ1) is 9.24. The summed E-state index contributed by atoms with van der Waals surface area (Å²) >= 11 is 6.91. The summed E-state index contributed by atoms with van der Waals surface area (Å²) < 4.78 is 1.84.